The van der Waals surface area contributed by atoms with Gasteiger partial charge in [-0.15, -0.1) is 0 Å². The van der Waals surface area contributed by atoms with E-state index in [1.54, 1.807) is 6.07 Å². The number of rotatable bonds is 3. The van der Waals surface area contributed by atoms with Crippen molar-refractivity contribution in [2.24, 2.45) is 11.3 Å². The van der Waals surface area contributed by atoms with Gasteiger partial charge < -0.3 is 10.6 Å². The number of aromatic nitrogens is 2. The summed E-state index contributed by atoms with van der Waals surface area (Å²) in [4.78, 5) is 12.3. The monoisotopic (exact) mass is 422 g/mol. The highest BCUT2D eigenvalue weighted by molar-refractivity contribution is 7.99. The SMILES string of the molecule is C[C@@H]1CCCC12CCN(c1cnc(Sc3cccc(Cl)c3Cl)c(N)n1)CC2. The number of hydrogen-bond acceptors (Lipinski definition) is 5. The van der Waals surface area contributed by atoms with Crippen LogP contribution in [0.3, 0.4) is 0 Å². The van der Waals surface area contributed by atoms with Crippen LogP contribution in [0.5, 0.6) is 0 Å². The molecule has 4 nitrogen and oxygen atoms in total. The van der Waals surface area contributed by atoms with Gasteiger partial charge >= 0.3 is 0 Å². The molecule has 2 aliphatic rings. The Labute approximate surface area is 174 Å². The first-order valence-electron chi connectivity index (χ1n) is 9.48. The van der Waals surface area contributed by atoms with Crippen molar-refractivity contribution in [1.82, 2.24) is 9.97 Å². The Morgan fingerprint density at radius 1 is 1.22 bits per heavy atom. The fraction of sp³-hybridized carbons (Fsp3) is 0.500. The average Bonchev–Trinajstić information content (AvgIpc) is 3.01. The predicted octanol–water partition coefficient (Wildman–Crippen LogP) is 5.92. The highest BCUT2D eigenvalue weighted by atomic mass is 35.5. The minimum atomic E-state index is 0.433. The standard InChI is InChI=1S/C20H24Cl2N4S/c1-13-4-3-7-20(13)8-10-26(11-9-20)16-12-24-19(18(23)25-16)27-15-6-2-5-14(21)17(15)22/h2,5-6,12-13H,3-4,7-11H2,1H3,(H2,23,25)/t13-/m1/s1. The van der Waals surface area contributed by atoms with E-state index in [-0.39, 0.29) is 0 Å². The summed E-state index contributed by atoms with van der Waals surface area (Å²) in [6.07, 6.45) is 8.45. The van der Waals surface area contributed by atoms with Gasteiger partial charge in [-0.3, -0.25) is 0 Å². The molecule has 2 heterocycles. The van der Waals surface area contributed by atoms with Gasteiger partial charge in [-0.25, -0.2) is 9.97 Å². The molecule has 1 aromatic carbocycles. The molecule has 1 spiro atoms. The van der Waals surface area contributed by atoms with Crippen molar-refractivity contribution in [1.29, 1.82) is 0 Å². The van der Waals surface area contributed by atoms with Crippen molar-refractivity contribution >= 4 is 46.6 Å². The van der Waals surface area contributed by atoms with Crippen LogP contribution in [-0.4, -0.2) is 23.1 Å². The van der Waals surface area contributed by atoms with Crippen LogP contribution in [0.25, 0.3) is 0 Å². The molecule has 4 rings (SSSR count). The third kappa shape index (κ3) is 3.74. The first kappa shape index (κ1) is 19.2. The molecular weight excluding hydrogens is 399 g/mol. The summed E-state index contributed by atoms with van der Waals surface area (Å²) in [5.74, 6) is 2.15. The van der Waals surface area contributed by atoms with Crippen LogP contribution in [-0.2, 0) is 0 Å². The van der Waals surface area contributed by atoms with Crippen LogP contribution >= 0.6 is 35.0 Å². The zero-order valence-electron chi connectivity index (χ0n) is 15.4. The van der Waals surface area contributed by atoms with Gasteiger partial charge in [0.25, 0.3) is 0 Å². The van der Waals surface area contributed by atoms with Crippen molar-refractivity contribution in [2.75, 3.05) is 23.7 Å². The normalized spacial score (nSPS) is 21.7. The lowest BCUT2D eigenvalue weighted by molar-refractivity contribution is 0.161. The predicted molar refractivity (Wildman–Crippen MR) is 114 cm³/mol. The molecule has 7 heteroatoms. The van der Waals surface area contributed by atoms with E-state index in [0.29, 0.717) is 26.3 Å². The van der Waals surface area contributed by atoms with E-state index in [1.807, 2.05) is 18.3 Å². The van der Waals surface area contributed by atoms with E-state index in [1.165, 1.54) is 43.9 Å². The quantitative estimate of drug-likeness (QED) is 0.664. The fourth-order valence-electron chi connectivity index (χ4n) is 4.52. The molecule has 0 amide bonds. The second-order valence-electron chi connectivity index (χ2n) is 7.72. The number of nitrogens with zero attached hydrogens (tertiary/aromatic N) is 3. The van der Waals surface area contributed by atoms with E-state index in [9.17, 15) is 0 Å². The largest absolute Gasteiger partial charge is 0.381 e. The smallest absolute Gasteiger partial charge is 0.158 e. The highest BCUT2D eigenvalue weighted by Gasteiger charge is 2.42. The van der Waals surface area contributed by atoms with Crippen LogP contribution in [0.2, 0.25) is 10.0 Å². The second-order valence-corrected chi connectivity index (χ2v) is 9.53. The number of anilines is 2. The van der Waals surface area contributed by atoms with Crippen molar-refractivity contribution in [3.8, 4) is 0 Å². The van der Waals surface area contributed by atoms with Crippen molar-refractivity contribution in [3.63, 3.8) is 0 Å². The summed E-state index contributed by atoms with van der Waals surface area (Å²) in [7, 11) is 0. The average molecular weight is 423 g/mol. The third-order valence-corrected chi connectivity index (χ3v) is 8.31. The van der Waals surface area contributed by atoms with Crippen LogP contribution in [0, 0.1) is 11.3 Å². The van der Waals surface area contributed by atoms with Crippen LogP contribution in [0.4, 0.5) is 11.6 Å². The maximum atomic E-state index is 6.27. The first-order valence-corrected chi connectivity index (χ1v) is 11.1. The topological polar surface area (TPSA) is 55.0 Å². The van der Waals surface area contributed by atoms with Crippen molar-refractivity contribution in [2.45, 2.75) is 48.9 Å². The molecule has 1 atom stereocenters. The van der Waals surface area contributed by atoms with Gasteiger partial charge in [-0.2, -0.15) is 0 Å². The van der Waals surface area contributed by atoms with E-state index in [4.69, 9.17) is 28.9 Å². The number of hydrogen-bond donors (Lipinski definition) is 1. The molecule has 0 bridgehead atoms. The first-order chi connectivity index (χ1) is 13.0. The minimum Gasteiger partial charge on any atom is -0.381 e. The number of benzene rings is 1. The van der Waals surface area contributed by atoms with Gasteiger partial charge in [0.2, 0.25) is 0 Å². The number of nitrogens with two attached hydrogens (primary N) is 1. The van der Waals surface area contributed by atoms with Crippen LogP contribution in [0.15, 0.2) is 34.3 Å². The molecule has 1 saturated heterocycles. The molecule has 2 aromatic rings. The molecular formula is C20H24Cl2N4S. The summed E-state index contributed by atoms with van der Waals surface area (Å²) in [6.45, 7) is 4.49. The van der Waals surface area contributed by atoms with Gasteiger partial charge in [0.1, 0.15) is 10.8 Å². The lowest BCUT2D eigenvalue weighted by Crippen LogP contribution is -2.41. The third-order valence-electron chi connectivity index (χ3n) is 6.31. The zero-order valence-corrected chi connectivity index (χ0v) is 17.7. The van der Waals surface area contributed by atoms with Gasteiger partial charge in [-0.1, -0.05) is 60.8 Å². The molecule has 144 valence electrons. The maximum Gasteiger partial charge on any atom is 0.158 e. The Kier molecular flexibility index (Phi) is 5.45. The Morgan fingerprint density at radius 2 is 2.00 bits per heavy atom. The number of nitrogen functional groups attached to an aromatic ring is 1. The molecule has 1 aromatic heterocycles. The number of halogens is 2. The van der Waals surface area contributed by atoms with Gasteiger partial charge in [-0.05, 0) is 42.7 Å². The molecule has 0 radical (unpaired) electrons. The summed E-state index contributed by atoms with van der Waals surface area (Å²) >= 11 is 13.8. The number of piperidine rings is 1. The molecule has 0 unspecified atom stereocenters. The van der Waals surface area contributed by atoms with E-state index in [2.05, 4.69) is 21.8 Å². The molecule has 1 aliphatic carbocycles. The molecule has 2 fully saturated rings. The van der Waals surface area contributed by atoms with E-state index >= 15 is 0 Å². The van der Waals surface area contributed by atoms with Crippen LogP contribution in [0.1, 0.15) is 39.0 Å². The summed E-state index contributed by atoms with van der Waals surface area (Å²) in [5.41, 5.74) is 6.75. The lowest BCUT2D eigenvalue weighted by Gasteiger charge is -2.42. The summed E-state index contributed by atoms with van der Waals surface area (Å²) in [6, 6.07) is 5.53. The Morgan fingerprint density at radius 3 is 2.67 bits per heavy atom. The van der Waals surface area contributed by atoms with E-state index < -0.39 is 0 Å². The Bertz CT molecular complexity index is 837. The highest BCUT2D eigenvalue weighted by Crippen LogP contribution is 2.50. The summed E-state index contributed by atoms with van der Waals surface area (Å²) in [5, 5.41) is 1.69. The minimum absolute atomic E-state index is 0.433. The summed E-state index contributed by atoms with van der Waals surface area (Å²) < 4.78 is 0. The van der Waals surface area contributed by atoms with E-state index in [0.717, 1.165) is 29.7 Å². The van der Waals surface area contributed by atoms with Crippen molar-refractivity contribution in [3.05, 3.63) is 34.4 Å². The Balaban J connectivity index is 1.47. The van der Waals surface area contributed by atoms with Crippen LogP contribution < -0.4 is 10.6 Å². The molecule has 2 N–H and O–H groups in total. The van der Waals surface area contributed by atoms with Gasteiger partial charge in [0, 0.05) is 18.0 Å². The lowest BCUT2D eigenvalue weighted by atomic mass is 9.71. The molecule has 27 heavy (non-hydrogen) atoms. The molecule has 1 aliphatic heterocycles. The van der Waals surface area contributed by atoms with Gasteiger partial charge in [0.15, 0.2) is 5.82 Å². The second kappa shape index (κ2) is 7.69. The maximum absolute atomic E-state index is 6.27. The van der Waals surface area contributed by atoms with Gasteiger partial charge in [0.05, 0.1) is 16.2 Å². The zero-order chi connectivity index (χ0) is 19.0. The Hall–Kier alpha value is -1.17. The fourth-order valence-corrected chi connectivity index (χ4v) is 5.80. The molecule has 1 saturated carbocycles. The van der Waals surface area contributed by atoms with Crippen molar-refractivity contribution < 1.29 is 0 Å².